The lowest BCUT2D eigenvalue weighted by atomic mass is 9.92. The van der Waals surface area contributed by atoms with Gasteiger partial charge in [0.25, 0.3) is 5.91 Å². The highest BCUT2D eigenvalue weighted by Gasteiger charge is 2.31. The predicted octanol–water partition coefficient (Wildman–Crippen LogP) is 2.32. The van der Waals surface area contributed by atoms with Gasteiger partial charge in [-0.3, -0.25) is 4.79 Å². The van der Waals surface area contributed by atoms with Crippen LogP contribution in [0.25, 0.3) is 0 Å². The lowest BCUT2D eigenvalue weighted by molar-refractivity contribution is 0.0931. The third-order valence-corrected chi connectivity index (χ3v) is 3.15. The highest BCUT2D eigenvalue weighted by molar-refractivity contribution is 5.92. The fourth-order valence-electron chi connectivity index (χ4n) is 2.29. The monoisotopic (exact) mass is 206 g/mol. The van der Waals surface area contributed by atoms with Crippen LogP contribution >= 0.6 is 0 Å². The van der Waals surface area contributed by atoms with Crippen LogP contribution in [-0.2, 0) is 0 Å². The Morgan fingerprint density at radius 2 is 2.40 bits per heavy atom. The highest BCUT2D eigenvalue weighted by Crippen LogP contribution is 2.36. The Morgan fingerprint density at radius 1 is 1.60 bits per heavy atom. The van der Waals surface area contributed by atoms with Gasteiger partial charge in [-0.2, -0.15) is 0 Å². The third-order valence-electron chi connectivity index (χ3n) is 3.15. The summed E-state index contributed by atoms with van der Waals surface area (Å²) in [5.41, 5.74) is 1.04. The minimum Gasteiger partial charge on any atom is -0.357 e. The SMILES string of the molecule is CC1(C)CCC(NC(=O)c2ccc[nH]2)C1. The maximum Gasteiger partial charge on any atom is 0.267 e. The molecule has 1 aromatic rings. The zero-order chi connectivity index (χ0) is 10.9. The van der Waals surface area contributed by atoms with Gasteiger partial charge in [-0.25, -0.2) is 0 Å². The van der Waals surface area contributed by atoms with Crippen LogP contribution in [0.15, 0.2) is 18.3 Å². The van der Waals surface area contributed by atoms with Crippen molar-refractivity contribution in [2.45, 2.75) is 39.2 Å². The fourth-order valence-corrected chi connectivity index (χ4v) is 2.29. The van der Waals surface area contributed by atoms with Gasteiger partial charge in [0.1, 0.15) is 5.69 Å². The lowest BCUT2D eigenvalue weighted by Crippen LogP contribution is -2.33. The number of aromatic nitrogens is 1. The van der Waals surface area contributed by atoms with Crippen LogP contribution in [0.1, 0.15) is 43.6 Å². The summed E-state index contributed by atoms with van der Waals surface area (Å²) in [5.74, 6) is 0.0164. The summed E-state index contributed by atoms with van der Waals surface area (Å²) in [6.07, 6.45) is 5.15. The molecule has 0 bridgehead atoms. The van der Waals surface area contributed by atoms with E-state index in [4.69, 9.17) is 0 Å². The van der Waals surface area contributed by atoms with E-state index in [-0.39, 0.29) is 5.91 Å². The maximum atomic E-state index is 11.7. The van der Waals surface area contributed by atoms with Crippen molar-refractivity contribution >= 4 is 5.91 Å². The average Bonchev–Trinajstić information content (AvgIpc) is 2.74. The molecular weight excluding hydrogens is 188 g/mol. The van der Waals surface area contributed by atoms with Crippen molar-refractivity contribution < 1.29 is 4.79 Å². The average molecular weight is 206 g/mol. The summed E-state index contributed by atoms with van der Waals surface area (Å²) in [7, 11) is 0. The molecule has 0 spiro atoms. The van der Waals surface area contributed by atoms with Crippen LogP contribution in [0.4, 0.5) is 0 Å². The first-order chi connectivity index (χ1) is 7.07. The highest BCUT2D eigenvalue weighted by atomic mass is 16.1. The predicted molar refractivity (Wildman–Crippen MR) is 59.7 cm³/mol. The number of rotatable bonds is 2. The minimum absolute atomic E-state index is 0.0164. The molecule has 82 valence electrons. The second-order valence-corrected chi connectivity index (χ2v) is 5.16. The van der Waals surface area contributed by atoms with Gasteiger partial charge >= 0.3 is 0 Å². The van der Waals surface area contributed by atoms with Crippen molar-refractivity contribution in [2.24, 2.45) is 5.41 Å². The second kappa shape index (κ2) is 3.72. The molecule has 15 heavy (non-hydrogen) atoms. The quantitative estimate of drug-likeness (QED) is 0.766. The molecular formula is C12H18N2O. The first-order valence-electron chi connectivity index (χ1n) is 5.51. The lowest BCUT2D eigenvalue weighted by Gasteiger charge is -2.17. The number of hydrogen-bond donors (Lipinski definition) is 2. The van der Waals surface area contributed by atoms with Crippen LogP contribution in [0, 0.1) is 5.41 Å². The molecule has 1 aliphatic carbocycles. The van der Waals surface area contributed by atoms with Gasteiger partial charge in [0, 0.05) is 12.2 Å². The van der Waals surface area contributed by atoms with Gasteiger partial charge in [0.2, 0.25) is 0 Å². The van der Waals surface area contributed by atoms with Gasteiger partial charge in [-0.15, -0.1) is 0 Å². The van der Waals surface area contributed by atoms with Crippen LogP contribution in [-0.4, -0.2) is 16.9 Å². The molecule has 1 amide bonds. The minimum atomic E-state index is 0.0164. The van der Waals surface area contributed by atoms with Gasteiger partial charge in [0.15, 0.2) is 0 Å². The van der Waals surface area contributed by atoms with Crippen LogP contribution in [0.5, 0.6) is 0 Å². The third kappa shape index (κ3) is 2.41. The zero-order valence-corrected chi connectivity index (χ0v) is 9.34. The Labute approximate surface area is 90.3 Å². The van der Waals surface area contributed by atoms with E-state index in [9.17, 15) is 4.79 Å². The van der Waals surface area contributed by atoms with E-state index in [1.165, 1.54) is 6.42 Å². The van der Waals surface area contributed by atoms with E-state index in [1.54, 1.807) is 12.3 Å². The molecule has 0 aliphatic heterocycles. The summed E-state index contributed by atoms with van der Waals surface area (Å²) in [4.78, 5) is 14.6. The number of amides is 1. The molecule has 2 N–H and O–H groups in total. The van der Waals surface area contributed by atoms with E-state index in [2.05, 4.69) is 24.1 Å². The number of hydrogen-bond acceptors (Lipinski definition) is 1. The van der Waals surface area contributed by atoms with E-state index >= 15 is 0 Å². The molecule has 2 rings (SSSR count). The summed E-state index contributed by atoms with van der Waals surface area (Å²) in [6, 6.07) is 3.99. The van der Waals surface area contributed by atoms with Crippen molar-refractivity contribution in [3.63, 3.8) is 0 Å². The van der Waals surface area contributed by atoms with Gasteiger partial charge in [0.05, 0.1) is 0 Å². The van der Waals surface area contributed by atoms with Crippen LogP contribution in [0.2, 0.25) is 0 Å². The van der Waals surface area contributed by atoms with Crippen molar-refractivity contribution in [2.75, 3.05) is 0 Å². The first kappa shape index (κ1) is 10.3. The van der Waals surface area contributed by atoms with Crippen LogP contribution in [0.3, 0.4) is 0 Å². The Hall–Kier alpha value is -1.25. The molecule has 1 aliphatic rings. The van der Waals surface area contributed by atoms with E-state index < -0.39 is 0 Å². The summed E-state index contributed by atoms with van der Waals surface area (Å²) in [6.45, 7) is 4.52. The molecule has 1 heterocycles. The molecule has 1 aromatic heterocycles. The molecule has 1 saturated carbocycles. The fraction of sp³-hybridized carbons (Fsp3) is 0.583. The number of carbonyl (C=O) groups excluding carboxylic acids is 1. The first-order valence-corrected chi connectivity index (χ1v) is 5.51. The molecule has 3 heteroatoms. The zero-order valence-electron chi connectivity index (χ0n) is 9.34. The smallest absolute Gasteiger partial charge is 0.267 e. The molecule has 3 nitrogen and oxygen atoms in total. The summed E-state index contributed by atoms with van der Waals surface area (Å²) >= 11 is 0. The van der Waals surface area contributed by atoms with E-state index in [1.807, 2.05) is 6.07 Å². The van der Waals surface area contributed by atoms with Gasteiger partial charge in [-0.1, -0.05) is 13.8 Å². The number of aromatic amines is 1. The van der Waals surface area contributed by atoms with E-state index in [0.29, 0.717) is 17.2 Å². The van der Waals surface area contributed by atoms with Crippen molar-refractivity contribution in [3.05, 3.63) is 24.0 Å². The number of carbonyl (C=O) groups is 1. The maximum absolute atomic E-state index is 11.7. The summed E-state index contributed by atoms with van der Waals surface area (Å²) in [5, 5.41) is 3.07. The Bertz CT molecular complexity index is 341. The molecule has 1 atom stereocenters. The molecule has 0 radical (unpaired) electrons. The van der Waals surface area contributed by atoms with E-state index in [0.717, 1.165) is 12.8 Å². The normalized spacial score (nSPS) is 24.0. The number of nitrogens with one attached hydrogen (secondary N) is 2. The van der Waals surface area contributed by atoms with Gasteiger partial charge in [-0.05, 0) is 36.8 Å². The Kier molecular flexibility index (Phi) is 2.55. The molecule has 1 unspecified atom stereocenters. The van der Waals surface area contributed by atoms with Crippen LogP contribution < -0.4 is 5.32 Å². The largest absolute Gasteiger partial charge is 0.357 e. The second-order valence-electron chi connectivity index (χ2n) is 5.16. The van der Waals surface area contributed by atoms with Crippen molar-refractivity contribution in [1.82, 2.24) is 10.3 Å². The Morgan fingerprint density at radius 3 is 2.93 bits per heavy atom. The molecule has 0 aromatic carbocycles. The molecule has 1 fully saturated rings. The summed E-state index contributed by atoms with van der Waals surface area (Å²) < 4.78 is 0. The van der Waals surface area contributed by atoms with Gasteiger partial charge < -0.3 is 10.3 Å². The van der Waals surface area contributed by atoms with Crippen molar-refractivity contribution in [1.29, 1.82) is 0 Å². The topological polar surface area (TPSA) is 44.9 Å². The molecule has 0 saturated heterocycles. The Balaban J connectivity index is 1.91. The van der Waals surface area contributed by atoms with Crippen molar-refractivity contribution in [3.8, 4) is 0 Å². The standard InChI is InChI=1S/C12H18N2O/c1-12(2)6-5-9(8-12)14-11(15)10-4-3-7-13-10/h3-4,7,9,13H,5-6,8H2,1-2H3,(H,14,15). The number of H-pyrrole nitrogens is 1.